The van der Waals surface area contributed by atoms with Gasteiger partial charge in [-0.25, -0.2) is 10.4 Å². The van der Waals surface area contributed by atoms with Gasteiger partial charge in [-0.05, 0) is 24.3 Å². The summed E-state index contributed by atoms with van der Waals surface area (Å²) in [4.78, 5) is 20.7. The Morgan fingerprint density at radius 2 is 1.60 bits per heavy atom. The summed E-state index contributed by atoms with van der Waals surface area (Å²) >= 11 is 0. The second-order valence-corrected chi connectivity index (χ2v) is 5.50. The Bertz CT molecular complexity index is 1040. The van der Waals surface area contributed by atoms with E-state index in [1.54, 1.807) is 24.5 Å². The fourth-order valence-electron chi connectivity index (χ4n) is 2.73. The van der Waals surface area contributed by atoms with Gasteiger partial charge in [0.2, 0.25) is 0 Å². The zero-order chi connectivity index (χ0) is 17.1. The van der Waals surface area contributed by atoms with E-state index in [1.165, 1.54) is 6.20 Å². The SMILES string of the molecule is O=C(N/N=C/c1c2ccccc2nc2ccccc12)c1cccnc1. The molecular weight excluding hydrogens is 312 g/mol. The first-order chi connectivity index (χ1) is 12.3. The molecule has 0 atom stereocenters. The molecule has 25 heavy (non-hydrogen) atoms. The van der Waals surface area contributed by atoms with E-state index >= 15 is 0 Å². The first kappa shape index (κ1) is 15.0. The average Bonchev–Trinajstić information content (AvgIpc) is 2.68. The summed E-state index contributed by atoms with van der Waals surface area (Å²) in [6, 6.07) is 19.2. The lowest BCUT2D eigenvalue weighted by atomic mass is 10.0. The summed E-state index contributed by atoms with van der Waals surface area (Å²) in [5.41, 5.74) is 5.71. The van der Waals surface area contributed by atoms with Crippen molar-refractivity contribution in [2.45, 2.75) is 0 Å². The highest BCUT2D eigenvalue weighted by Gasteiger charge is 2.07. The van der Waals surface area contributed by atoms with E-state index in [9.17, 15) is 4.79 Å². The van der Waals surface area contributed by atoms with Crippen molar-refractivity contribution < 1.29 is 4.79 Å². The molecule has 0 aliphatic carbocycles. The van der Waals surface area contributed by atoms with Crippen LogP contribution in [0.15, 0.2) is 78.2 Å². The minimum absolute atomic E-state index is 0.299. The molecular formula is C20H14N4O. The van der Waals surface area contributed by atoms with Crippen molar-refractivity contribution in [2.24, 2.45) is 5.10 Å². The highest BCUT2D eigenvalue weighted by atomic mass is 16.2. The predicted octanol–water partition coefficient (Wildman–Crippen LogP) is 3.55. The number of hydrogen-bond acceptors (Lipinski definition) is 4. The highest BCUT2D eigenvalue weighted by molar-refractivity contribution is 6.10. The molecule has 0 bridgehead atoms. The summed E-state index contributed by atoms with van der Waals surface area (Å²) in [7, 11) is 0. The van der Waals surface area contributed by atoms with Crippen LogP contribution in [0.5, 0.6) is 0 Å². The number of para-hydroxylation sites is 2. The largest absolute Gasteiger partial charge is 0.272 e. The Labute approximate surface area is 144 Å². The van der Waals surface area contributed by atoms with Crippen LogP contribution < -0.4 is 5.43 Å². The molecule has 2 aromatic heterocycles. The molecule has 0 radical (unpaired) electrons. The quantitative estimate of drug-likeness (QED) is 0.356. The highest BCUT2D eigenvalue weighted by Crippen LogP contribution is 2.24. The van der Waals surface area contributed by atoms with Crippen LogP contribution >= 0.6 is 0 Å². The molecule has 120 valence electrons. The number of carbonyl (C=O) groups excluding carboxylic acids is 1. The maximum atomic E-state index is 12.1. The van der Waals surface area contributed by atoms with Crippen molar-refractivity contribution in [1.29, 1.82) is 0 Å². The number of hydrogen-bond donors (Lipinski definition) is 1. The van der Waals surface area contributed by atoms with Crippen LogP contribution in [0, 0.1) is 0 Å². The van der Waals surface area contributed by atoms with E-state index in [1.807, 2.05) is 48.5 Å². The molecule has 0 saturated carbocycles. The number of fused-ring (bicyclic) bond motifs is 2. The number of aromatic nitrogens is 2. The number of hydrazone groups is 1. The third kappa shape index (κ3) is 2.95. The molecule has 0 unspecified atom stereocenters. The van der Waals surface area contributed by atoms with Crippen molar-refractivity contribution in [3.8, 4) is 0 Å². The fourth-order valence-corrected chi connectivity index (χ4v) is 2.73. The van der Waals surface area contributed by atoms with Gasteiger partial charge in [0.25, 0.3) is 5.91 Å². The molecule has 2 aromatic carbocycles. The topological polar surface area (TPSA) is 67.2 Å². The van der Waals surface area contributed by atoms with Crippen molar-refractivity contribution in [2.75, 3.05) is 0 Å². The van der Waals surface area contributed by atoms with E-state index in [-0.39, 0.29) is 5.91 Å². The maximum absolute atomic E-state index is 12.1. The summed E-state index contributed by atoms with van der Waals surface area (Å²) in [6.45, 7) is 0. The molecule has 1 amide bonds. The molecule has 2 heterocycles. The average molecular weight is 326 g/mol. The van der Waals surface area contributed by atoms with Gasteiger partial charge in [0.15, 0.2) is 0 Å². The number of rotatable bonds is 3. The third-order valence-corrected chi connectivity index (χ3v) is 3.91. The Hall–Kier alpha value is -3.60. The summed E-state index contributed by atoms with van der Waals surface area (Å²) in [5.74, 6) is -0.299. The molecule has 0 fully saturated rings. The van der Waals surface area contributed by atoms with Crippen LogP contribution in [0.2, 0.25) is 0 Å². The Kier molecular flexibility index (Phi) is 3.88. The van der Waals surface area contributed by atoms with Gasteiger partial charge in [-0.15, -0.1) is 0 Å². The molecule has 1 N–H and O–H groups in total. The van der Waals surface area contributed by atoms with Gasteiger partial charge < -0.3 is 0 Å². The van der Waals surface area contributed by atoms with Crippen LogP contribution in [0.25, 0.3) is 21.8 Å². The molecule has 5 nitrogen and oxygen atoms in total. The minimum Gasteiger partial charge on any atom is -0.267 e. The number of benzene rings is 2. The third-order valence-electron chi connectivity index (χ3n) is 3.91. The minimum atomic E-state index is -0.299. The lowest BCUT2D eigenvalue weighted by Gasteiger charge is -2.07. The number of carbonyl (C=O) groups is 1. The molecule has 5 heteroatoms. The molecule has 0 spiro atoms. The first-order valence-electron chi connectivity index (χ1n) is 7.84. The van der Waals surface area contributed by atoms with Gasteiger partial charge in [0.05, 0.1) is 22.8 Å². The van der Waals surface area contributed by atoms with Crippen LogP contribution in [0.1, 0.15) is 15.9 Å². The number of amides is 1. The van der Waals surface area contributed by atoms with Crippen molar-refractivity contribution >= 4 is 33.9 Å². The Morgan fingerprint density at radius 3 is 2.24 bits per heavy atom. The first-order valence-corrected chi connectivity index (χ1v) is 7.84. The molecule has 0 saturated heterocycles. The van der Waals surface area contributed by atoms with Crippen molar-refractivity contribution in [3.63, 3.8) is 0 Å². The van der Waals surface area contributed by atoms with Crippen LogP contribution in [-0.4, -0.2) is 22.1 Å². The van der Waals surface area contributed by atoms with Gasteiger partial charge in [-0.2, -0.15) is 5.10 Å². The second kappa shape index (κ2) is 6.49. The summed E-state index contributed by atoms with van der Waals surface area (Å²) in [6.07, 6.45) is 4.79. The smallest absolute Gasteiger partial charge is 0.267 e. The molecule has 4 aromatic rings. The van der Waals surface area contributed by atoms with Crippen LogP contribution in [0.3, 0.4) is 0 Å². The van der Waals surface area contributed by atoms with Crippen LogP contribution in [-0.2, 0) is 0 Å². The van der Waals surface area contributed by atoms with Gasteiger partial charge in [-0.1, -0.05) is 36.4 Å². The van der Waals surface area contributed by atoms with E-state index in [0.29, 0.717) is 5.56 Å². The molecule has 0 aliphatic heterocycles. The van der Waals surface area contributed by atoms with Crippen LogP contribution in [0.4, 0.5) is 0 Å². The normalized spacial score (nSPS) is 11.2. The van der Waals surface area contributed by atoms with Gasteiger partial charge in [0.1, 0.15) is 0 Å². The fraction of sp³-hybridized carbons (Fsp3) is 0. The predicted molar refractivity (Wildman–Crippen MR) is 98.5 cm³/mol. The van der Waals surface area contributed by atoms with Crippen molar-refractivity contribution in [3.05, 3.63) is 84.2 Å². The van der Waals surface area contributed by atoms with Crippen molar-refractivity contribution in [1.82, 2.24) is 15.4 Å². The number of nitrogens with one attached hydrogen (secondary N) is 1. The zero-order valence-electron chi connectivity index (χ0n) is 13.3. The number of nitrogens with zero attached hydrogens (tertiary/aromatic N) is 3. The van der Waals surface area contributed by atoms with E-state index < -0.39 is 0 Å². The zero-order valence-corrected chi connectivity index (χ0v) is 13.3. The lowest BCUT2D eigenvalue weighted by Crippen LogP contribution is -2.17. The van der Waals surface area contributed by atoms with E-state index in [4.69, 9.17) is 0 Å². The standard InChI is InChI=1S/C20H14N4O/c25-20(14-6-5-11-21-12-14)24-22-13-17-15-7-1-3-9-18(15)23-19-10-4-2-8-16(17)19/h1-13H,(H,24,25)/b22-13+. The Balaban J connectivity index is 1.73. The molecule has 4 rings (SSSR count). The maximum Gasteiger partial charge on any atom is 0.272 e. The monoisotopic (exact) mass is 326 g/mol. The van der Waals surface area contributed by atoms with Gasteiger partial charge in [0, 0.05) is 28.7 Å². The van der Waals surface area contributed by atoms with E-state index in [0.717, 1.165) is 27.4 Å². The van der Waals surface area contributed by atoms with E-state index in [2.05, 4.69) is 20.5 Å². The van der Waals surface area contributed by atoms with Gasteiger partial charge in [-0.3, -0.25) is 9.78 Å². The number of pyridine rings is 2. The van der Waals surface area contributed by atoms with Gasteiger partial charge >= 0.3 is 0 Å². The lowest BCUT2D eigenvalue weighted by molar-refractivity contribution is 0.0955. The summed E-state index contributed by atoms with van der Waals surface area (Å²) in [5, 5.41) is 6.11. The summed E-state index contributed by atoms with van der Waals surface area (Å²) < 4.78 is 0. The Morgan fingerprint density at radius 1 is 0.920 bits per heavy atom. The second-order valence-electron chi connectivity index (χ2n) is 5.50. The molecule has 0 aliphatic rings.